The molecule has 0 saturated heterocycles. The molecular weight excluding hydrogens is 339 g/mol. The van der Waals surface area contributed by atoms with Crippen LogP contribution in [0.15, 0.2) is 54.6 Å². The minimum absolute atomic E-state index is 0.0481. The Labute approximate surface area is 150 Å². The second-order valence-corrected chi connectivity index (χ2v) is 5.47. The molecule has 0 aliphatic heterocycles. The molecular formula is C19H19FN2O4. The van der Waals surface area contributed by atoms with Gasteiger partial charge in [-0.25, -0.2) is 4.39 Å². The van der Waals surface area contributed by atoms with Gasteiger partial charge in [0.1, 0.15) is 5.82 Å². The SMILES string of the molecule is COC(=O)CC(NC(=O)CNC(=O)c1ccccc1F)c1ccccc1. The molecule has 0 spiro atoms. The van der Waals surface area contributed by atoms with Crippen LogP contribution in [0.5, 0.6) is 0 Å². The summed E-state index contributed by atoms with van der Waals surface area (Å²) in [6, 6.07) is 13.8. The van der Waals surface area contributed by atoms with Gasteiger partial charge < -0.3 is 15.4 Å². The number of carbonyl (C=O) groups excluding carboxylic acids is 3. The highest BCUT2D eigenvalue weighted by Crippen LogP contribution is 2.17. The molecule has 0 aromatic heterocycles. The van der Waals surface area contributed by atoms with Crippen molar-refractivity contribution in [1.82, 2.24) is 10.6 Å². The van der Waals surface area contributed by atoms with Crippen LogP contribution in [0.3, 0.4) is 0 Å². The van der Waals surface area contributed by atoms with E-state index in [4.69, 9.17) is 0 Å². The summed E-state index contributed by atoms with van der Waals surface area (Å²) in [5.74, 6) is -2.34. The molecule has 0 saturated carbocycles. The fourth-order valence-corrected chi connectivity index (χ4v) is 2.33. The Bertz CT molecular complexity index is 780. The van der Waals surface area contributed by atoms with Gasteiger partial charge in [0.05, 0.1) is 31.7 Å². The van der Waals surface area contributed by atoms with Gasteiger partial charge in [0.2, 0.25) is 5.91 Å². The Morgan fingerprint density at radius 3 is 2.35 bits per heavy atom. The number of halogens is 1. The van der Waals surface area contributed by atoms with Gasteiger partial charge >= 0.3 is 5.97 Å². The number of hydrogen-bond acceptors (Lipinski definition) is 4. The van der Waals surface area contributed by atoms with E-state index < -0.39 is 29.6 Å². The standard InChI is InChI=1S/C19H19FN2O4/c1-26-18(24)11-16(13-7-3-2-4-8-13)22-17(23)12-21-19(25)14-9-5-6-10-15(14)20/h2-10,16H,11-12H2,1H3,(H,21,25)(H,22,23). The molecule has 0 heterocycles. The van der Waals surface area contributed by atoms with Crippen molar-refractivity contribution >= 4 is 17.8 Å². The summed E-state index contributed by atoms with van der Waals surface area (Å²) in [5.41, 5.74) is 0.584. The van der Waals surface area contributed by atoms with E-state index in [0.717, 1.165) is 11.6 Å². The van der Waals surface area contributed by atoms with Gasteiger partial charge in [0, 0.05) is 0 Å². The van der Waals surface area contributed by atoms with Gasteiger partial charge in [0.25, 0.3) is 5.91 Å². The lowest BCUT2D eigenvalue weighted by atomic mass is 10.0. The molecule has 0 bridgehead atoms. The number of hydrogen-bond donors (Lipinski definition) is 2. The Morgan fingerprint density at radius 2 is 1.69 bits per heavy atom. The number of nitrogens with one attached hydrogen (secondary N) is 2. The fraction of sp³-hybridized carbons (Fsp3) is 0.211. The molecule has 6 nitrogen and oxygen atoms in total. The summed E-state index contributed by atoms with van der Waals surface area (Å²) in [6.45, 7) is -0.350. The van der Waals surface area contributed by atoms with Crippen LogP contribution < -0.4 is 10.6 Å². The van der Waals surface area contributed by atoms with E-state index in [0.29, 0.717) is 0 Å². The van der Waals surface area contributed by atoms with Crippen LogP contribution in [0.2, 0.25) is 0 Å². The van der Waals surface area contributed by atoms with Gasteiger partial charge in [0.15, 0.2) is 0 Å². The second-order valence-electron chi connectivity index (χ2n) is 5.47. The van der Waals surface area contributed by atoms with Gasteiger partial charge in [-0.05, 0) is 17.7 Å². The average Bonchev–Trinajstić information content (AvgIpc) is 2.66. The van der Waals surface area contributed by atoms with E-state index in [-0.39, 0.29) is 18.5 Å². The summed E-state index contributed by atoms with van der Waals surface area (Å²) in [6.07, 6.45) is -0.0481. The first-order valence-corrected chi connectivity index (χ1v) is 7.95. The van der Waals surface area contributed by atoms with E-state index in [2.05, 4.69) is 15.4 Å². The fourth-order valence-electron chi connectivity index (χ4n) is 2.33. The number of benzene rings is 2. The molecule has 2 aromatic carbocycles. The highest BCUT2D eigenvalue weighted by Gasteiger charge is 2.19. The van der Waals surface area contributed by atoms with Crippen LogP contribution in [0, 0.1) is 5.82 Å². The van der Waals surface area contributed by atoms with Crippen molar-refractivity contribution in [3.05, 3.63) is 71.5 Å². The zero-order valence-electron chi connectivity index (χ0n) is 14.2. The maximum absolute atomic E-state index is 13.6. The van der Waals surface area contributed by atoms with Crippen LogP contribution in [0.25, 0.3) is 0 Å². The first kappa shape index (κ1) is 19.1. The van der Waals surface area contributed by atoms with Crippen molar-refractivity contribution in [3.63, 3.8) is 0 Å². The molecule has 2 N–H and O–H groups in total. The molecule has 1 atom stereocenters. The van der Waals surface area contributed by atoms with Crippen LogP contribution in [-0.2, 0) is 14.3 Å². The molecule has 0 radical (unpaired) electrons. The molecule has 7 heteroatoms. The third-order valence-electron chi connectivity index (χ3n) is 3.66. The maximum Gasteiger partial charge on any atom is 0.307 e. The van der Waals surface area contributed by atoms with Crippen molar-refractivity contribution in [2.24, 2.45) is 0 Å². The van der Waals surface area contributed by atoms with E-state index in [9.17, 15) is 18.8 Å². The normalized spacial score (nSPS) is 11.3. The highest BCUT2D eigenvalue weighted by atomic mass is 19.1. The predicted molar refractivity (Wildman–Crippen MR) is 92.7 cm³/mol. The molecule has 0 fully saturated rings. The van der Waals surface area contributed by atoms with Crippen LogP contribution in [0.1, 0.15) is 28.4 Å². The summed E-state index contributed by atoms with van der Waals surface area (Å²) in [7, 11) is 1.26. The van der Waals surface area contributed by atoms with Crippen molar-refractivity contribution in [3.8, 4) is 0 Å². The minimum atomic E-state index is -0.692. The first-order valence-electron chi connectivity index (χ1n) is 7.95. The second kappa shape index (κ2) is 9.31. The van der Waals surface area contributed by atoms with E-state index in [1.54, 1.807) is 24.3 Å². The Balaban J connectivity index is 1.97. The maximum atomic E-state index is 13.6. The predicted octanol–water partition coefficient (Wildman–Crippen LogP) is 1.98. The molecule has 2 aromatic rings. The first-order chi connectivity index (χ1) is 12.5. The van der Waals surface area contributed by atoms with Crippen molar-refractivity contribution in [2.45, 2.75) is 12.5 Å². The van der Waals surface area contributed by atoms with Crippen molar-refractivity contribution < 1.29 is 23.5 Å². The van der Waals surface area contributed by atoms with Gasteiger partial charge in [-0.1, -0.05) is 42.5 Å². The van der Waals surface area contributed by atoms with Crippen molar-refractivity contribution in [2.75, 3.05) is 13.7 Å². The van der Waals surface area contributed by atoms with E-state index >= 15 is 0 Å². The molecule has 0 aliphatic rings. The Kier molecular flexibility index (Phi) is 6.84. The topological polar surface area (TPSA) is 84.5 Å². The highest BCUT2D eigenvalue weighted by molar-refractivity contribution is 5.96. The van der Waals surface area contributed by atoms with Gasteiger partial charge in [-0.3, -0.25) is 14.4 Å². The van der Waals surface area contributed by atoms with Gasteiger partial charge in [-0.2, -0.15) is 0 Å². The molecule has 136 valence electrons. The smallest absolute Gasteiger partial charge is 0.307 e. The summed E-state index contributed by atoms with van der Waals surface area (Å²) < 4.78 is 18.2. The monoisotopic (exact) mass is 358 g/mol. The number of carbonyl (C=O) groups is 3. The minimum Gasteiger partial charge on any atom is -0.469 e. The summed E-state index contributed by atoms with van der Waals surface area (Å²) >= 11 is 0. The number of rotatable bonds is 7. The molecule has 0 aliphatic carbocycles. The molecule has 1 unspecified atom stereocenters. The van der Waals surface area contributed by atoms with E-state index in [1.165, 1.54) is 25.3 Å². The zero-order valence-corrected chi connectivity index (χ0v) is 14.2. The number of methoxy groups -OCH3 is 1. The average molecular weight is 358 g/mol. The molecule has 2 amide bonds. The Morgan fingerprint density at radius 1 is 1.04 bits per heavy atom. The summed E-state index contributed by atoms with van der Waals surface area (Å²) in [4.78, 5) is 35.7. The number of amides is 2. The van der Waals surface area contributed by atoms with E-state index in [1.807, 2.05) is 6.07 Å². The van der Waals surface area contributed by atoms with Gasteiger partial charge in [-0.15, -0.1) is 0 Å². The molecule has 2 rings (SSSR count). The van der Waals surface area contributed by atoms with Crippen LogP contribution in [-0.4, -0.2) is 31.4 Å². The lowest BCUT2D eigenvalue weighted by molar-refractivity contribution is -0.141. The Hall–Kier alpha value is -3.22. The van der Waals surface area contributed by atoms with Crippen LogP contribution >= 0.6 is 0 Å². The third kappa shape index (κ3) is 5.41. The summed E-state index contributed by atoms with van der Waals surface area (Å²) in [5, 5.41) is 5.03. The number of esters is 1. The quantitative estimate of drug-likeness (QED) is 0.741. The third-order valence-corrected chi connectivity index (χ3v) is 3.66. The number of ether oxygens (including phenoxy) is 1. The van der Waals surface area contributed by atoms with Crippen LogP contribution in [0.4, 0.5) is 4.39 Å². The lowest BCUT2D eigenvalue weighted by Crippen LogP contribution is -2.39. The lowest BCUT2D eigenvalue weighted by Gasteiger charge is -2.18. The van der Waals surface area contributed by atoms with Crippen molar-refractivity contribution in [1.29, 1.82) is 0 Å². The zero-order chi connectivity index (χ0) is 18.9. The molecule has 26 heavy (non-hydrogen) atoms. The largest absolute Gasteiger partial charge is 0.469 e.